The molecule has 6 heteroatoms. The Labute approximate surface area is 125 Å². The maximum Gasteiger partial charge on any atom is 0.241 e. The highest BCUT2D eigenvalue weighted by Gasteiger charge is 2.18. The normalized spacial score (nSPS) is 11.8. The summed E-state index contributed by atoms with van der Waals surface area (Å²) in [7, 11) is -3.59. The lowest BCUT2D eigenvalue weighted by Gasteiger charge is -2.12. The van der Waals surface area contributed by atoms with Crippen molar-refractivity contribution in [3.8, 4) is 0 Å². The molecule has 2 aromatic rings. The van der Waals surface area contributed by atoms with Gasteiger partial charge in [-0.1, -0.05) is 6.07 Å². The minimum Gasteiger partial charge on any atom is -0.465 e. The molecule has 21 heavy (non-hydrogen) atoms. The molecule has 0 radical (unpaired) electrons. The van der Waals surface area contributed by atoms with Crippen LogP contribution in [-0.2, 0) is 23.1 Å². The monoisotopic (exact) mass is 308 g/mol. The number of hydrogen-bond acceptors (Lipinski definition) is 4. The molecule has 114 valence electrons. The average molecular weight is 308 g/mol. The first-order valence-corrected chi connectivity index (χ1v) is 8.17. The first-order chi connectivity index (χ1) is 9.83. The third-order valence-electron chi connectivity index (χ3n) is 3.38. The molecule has 0 saturated heterocycles. The molecule has 1 aromatic carbocycles. The Balaban J connectivity index is 2.27. The highest BCUT2D eigenvalue weighted by molar-refractivity contribution is 7.89. The van der Waals surface area contributed by atoms with Crippen LogP contribution in [-0.4, -0.2) is 8.42 Å². The maximum atomic E-state index is 12.4. The minimum absolute atomic E-state index is 0.126. The second-order valence-electron chi connectivity index (χ2n) is 5.09. The van der Waals surface area contributed by atoms with Crippen molar-refractivity contribution in [2.24, 2.45) is 5.73 Å². The van der Waals surface area contributed by atoms with Crippen LogP contribution in [0.1, 0.15) is 28.2 Å². The molecule has 0 fully saturated rings. The van der Waals surface area contributed by atoms with Crippen LogP contribution in [0.5, 0.6) is 0 Å². The van der Waals surface area contributed by atoms with Crippen molar-refractivity contribution in [1.82, 2.24) is 4.72 Å². The number of rotatable bonds is 5. The van der Waals surface area contributed by atoms with Crippen LogP contribution in [0.15, 0.2) is 33.6 Å². The van der Waals surface area contributed by atoms with Gasteiger partial charge in [-0.15, -0.1) is 0 Å². The van der Waals surface area contributed by atoms with Gasteiger partial charge in [-0.3, -0.25) is 0 Å². The summed E-state index contributed by atoms with van der Waals surface area (Å²) in [5, 5.41) is 0. The highest BCUT2D eigenvalue weighted by Crippen LogP contribution is 2.20. The van der Waals surface area contributed by atoms with Crippen molar-refractivity contribution in [2.75, 3.05) is 0 Å². The standard InChI is InChI=1S/C15H20N2O3S/c1-10-6-11(2)15(7-13(10)8-16)21(18,19)17-9-14-5-4-12(3)20-14/h4-7,17H,8-9,16H2,1-3H3. The van der Waals surface area contributed by atoms with Crippen LogP contribution in [0, 0.1) is 20.8 Å². The Hall–Kier alpha value is -1.63. The third kappa shape index (κ3) is 3.53. The molecule has 0 aliphatic rings. The number of hydrogen-bond donors (Lipinski definition) is 2. The second-order valence-corrected chi connectivity index (χ2v) is 6.82. The number of nitrogens with one attached hydrogen (secondary N) is 1. The summed E-state index contributed by atoms with van der Waals surface area (Å²) in [5.74, 6) is 1.33. The van der Waals surface area contributed by atoms with Gasteiger partial charge in [0.1, 0.15) is 11.5 Å². The van der Waals surface area contributed by atoms with Gasteiger partial charge in [0.25, 0.3) is 0 Å². The Morgan fingerprint density at radius 1 is 1.14 bits per heavy atom. The molecular formula is C15H20N2O3S. The molecule has 0 spiro atoms. The summed E-state index contributed by atoms with van der Waals surface area (Å²) in [6, 6.07) is 7.03. The first-order valence-electron chi connectivity index (χ1n) is 6.68. The predicted molar refractivity (Wildman–Crippen MR) is 81.3 cm³/mol. The number of sulfonamides is 1. The van der Waals surface area contributed by atoms with E-state index in [2.05, 4.69) is 4.72 Å². The predicted octanol–water partition coefficient (Wildman–Crippen LogP) is 2.14. The van der Waals surface area contributed by atoms with E-state index >= 15 is 0 Å². The Morgan fingerprint density at radius 2 is 1.86 bits per heavy atom. The Morgan fingerprint density at radius 3 is 2.43 bits per heavy atom. The van der Waals surface area contributed by atoms with Crippen molar-refractivity contribution in [3.63, 3.8) is 0 Å². The molecule has 0 saturated carbocycles. The van der Waals surface area contributed by atoms with E-state index in [1.807, 2.05) is 19.9 Å². The molecule has 3 N–H and O–H groups in total. The molecular weight excluding hydrogens is 288 g/mol. The largest absolute Gasteiger partial charge is 0.465 e. The van der Waals surface area contributed by atoms with E-state index in [0.717, 1.165) is 16.9 Å². The zero-order valence-electron chi connectivity index (χ0n) is 12.4. The number of aryl methyl sites for hydroxylation is 3. The summed E-state index contributed by atoms with van der Waals surface area (Å²) in [5.41, 5.74) is 8.18. The highest BCUT2D eigenvalue weighted by atomic mass is 32.2. The van der Waals surface area contributed by atoms with Crippen molar-refractivity contribution in [2.45, 2.75) is 38.8 Å². The van der Waals surface area contributed by atoms with Crippen molar-refractivity contribution in [1.29, 1.82) is 0 Å². The lowest BCUT2D eigenvalue weighted by atomic mass is 10.1. The van der Waals surface area contributed by atoms with Crippen LogP contribution in [0.25, 0.3) is 0 Å². The number of nitrogens with two attached hydrogens (primary N) is 1. The smallest absolute Gasteiger partial charge is 0.241 e. The van der Waals surface area contributed by atoms with Gasteiger partial charge in [0.05, 0.1) is 11.4 Å². The van der Waals surface area contributed by atoms with E-state index in [9.17, 15) is 8.42 Å². The molecule has 0 aliphatic carbocycles. The average Bonchev–Trinajstić information content (AvgIpc) is 2.82. The van der Waals surface area contributed by atoms with Crippen molar-refractivity contribution >= 4 is 10.0 Å². The van der Waals surface area contributed by atoms with Gasteiger partial charge in [0, 0.05) is 6.54 Å². The summed E-state index contributed by atoms with van der Waals surface area (Å²) < 4.78 is 32.8. The molecule has 1 heterocycles. The molecule has 0 atom stereocenters. The molecule has 0 aliphatic heterocycles. The lowest BCUT2D eigenvalue weighted by Crippen LogP contribution is -2.24. The maximum absolute atomic E-state index is 12.4. The van der Waals surface area contributed by atoms with Crippen LogP contribution in [0.2, 0.25) is 0 Å². The molecule has 0 unspecified atom stereocenters. The van der Waals surface area contributed by atoms with Gasteiger partial charge in [0.2, 0.25) is 10.0 Å². The van der Waals surface area contributed by atoms with Gasteiger partial charge in [-0.2, -0.15) is 0 Å². The molecule has 0 bridgehead atoms. The lowest BCUT2D eigenvalue weighted by molar-refractivity contribution is 0.475. The fourth-order valence-electron chi connectivity index (χ4n) is 2.21. The number of furan rings is 1. The van der Waals surface area contributed by atoms with Crippen LogP contribution in [0.4, 0.5) is 0 Å². The zero-order valence-corrected chi connectivity index (χ0v) is 13.3. The Kier molecular flexibility index (Phi) is 4.51. The quantitative estimate of drug-likeness (QED) is 0.886. The third-order valence-corrected chi connectivity index (χ3v) is 4.92. The minimum atomic E-state index is -3.59. The van der Waals surface area contributed by atoms with E-state index in [0.29, 0.717) is 17.9 Å². The van der Waals surface area contributed by atoms with Crippen LogP contribution < -0.4 is 10.5 Å². The van der Waals surface area contributed by atoms with E-state index in [4.69, 9.17) is 10.2 Å². The van der Waals surface area contributed by atoms with E-state index in [1.165, 1.54) is 0 Å². The number of benzene rings is 1. The molecule has 2 rings (SSSR count). The van der Waals surface area contributed by atoms with Crippen LogP contribution in [0.3, 0.4) is 0 Å². The fraction of sp³-hybridized carbons (Fsp3) is 0.333. The topological polar surface area (TPSA) is 85.3 Å². The Bertz CT molecular complexity index is 748. The van der Waals surface area contributed by atoms with E-state index < -0.39 is 10.0 Å². The van der Waals surface area contributed by atoms with Gasteiger partial charge in [0.15, 0.2) is 0 Å². The van der Waals surface area contributed by atoms with Gasteiger partial charge in [-0.25, -0.2) is 13.1 Å². The van der Waals surface area contributed by atoms with Crippen molar-refractivity contribution in [3.05, 3.63) is 52.5 Å². The van der Waals surface area contributed by atoms with E-state index in [1.54, 1.807) is 25.1 Å². The molecule has 1 aromatic heterocycles. The van der Waals surface area contributed by atoms with Gasteiger partial charge >= 0.3 is 0 Å². The van der Waals surface area contributed by atoms with E-state index in [-0.39, 0.29) is 11.4 Å². The fourth-order valence-corrected chi connectivity index (χ4v) is 3.48. The summed E-state index contributed by atoms with van der Waals surface area (Å²) >= 11 is 0. The summed E-state index contributed by atoms with van der Waals surface area (Å²) in [6.07, 6.45) is 0. The zero-order chi connectivity index (χ0) is 15.6. The summed E-state index contributed by atoms with van der Waals surface area (Å²) in [6.45, 7) is 5.95. The SMILES string of the molecule is Cc1ccc(CNS(=O)(=O)c2cc(CN)c(C)cc2C)o1. The second kappa shape index (κ2) is 6.01. The summed E-state index contributed by atoms with van der Waals surface area (Å²) in [4.78, 5) is 0.261. The van der Waals surface area contributed by atoms with Gasteiger partial charge < -0.3 is 10.2 Å². The molecule has 0 amide bonds. The molecule has 5 nitrogen and oxygen atoms in total. The van der Waals surface area contributed by atoms with Crippen molar-refractivity contribution < 1.29 is 12.8 Å². The van der Waals surface area contributed by atoms with Crippen LogP contribution >= 0.6 is 0 Å². The van der Waals surface area contributed by atoms with Gasteiger partial charge in [-0.05, 0) is 55.7 Å². The first kappa shape index (κ1) is 15.8.